The molecule has 1 amide bonds. The van der Waals surface area contributed by atoms with Crippen molar-refractivity contribution in [3.05, 3.63) is 58.5 Å². The summed E-state index contributed by atoms with van der Waals surface area (Å²) in [4.78, 5) is 28.3. The molecule has 0 unspecified atom stereocenters. The molecule has 7 heteroatoms. The zero-order valence-electron chi connectivity index (χ0n) is 15.6. The fraction of sp³-hybridized carbons (Fsp3) is 0.400. The summed E-state index contributed by atoms with van der Waals surface area (Å²) in [7, 11) is 3.65. The van der Waals surface area contributed by atoms with Gasteiger partial charge in [-0.1, -0.05) is 30.3 Å². The van der Waals surface area contributed by atoms with Crippen LogP contribution < -0.4 is 10.5 Å². The Morgan fingerprint density at radius 1 is 1.26 bits per heavy atom. The molecule has 1 saturated heterocycles. The van der Waals surface area contributed by atoms with E-state index in [4.69, 9.17) is 0 Å². The number of nitriles is 1. The van der Waals surface area contributed by atoms with Crippen molar-refractivity contribution in [2.24, 2.45) is 0 Å². The minimum absolute atomic E-state index is 0.0859. The quantitative estimate of drug-likeness (QED) is 0.818. The zero-order valence-corrected chi connectivity index (χ0v) is 15.6. The third-order valence-electron chi connectivity index (χ3n) is 5.17. The first-order chi connectivity index (χ1) is 12.9. The van der Waals surface area contributed by atoms with E-state index < -0.39 is 5.41 Å². The molecule has 7 nitrogen and oxygen atoms in total. The smallest absolute Gasteiger partial charge is 0.269 e. The van der Waals surface area contributed by atoms with E-state index in [-0.39, 0.29) is 18.0 Å². The molecule has 1 fully saturated rings. The number of carbonyl (C=O) groups excluding carboxylic acids is 1. The number of carbonyl (C=O) groups is 1. The molecular formula is C20H23N5O2. The molecule has 1 aliphatic heterocycles. The first-order valence-corrected chi connectivity index (χ1v) is 8.94. The maximum atomic E-state index is 12.6. The Kier molecular flexibility index (Phi) is 5.26. The van der Waals surface area contributed by atoms with Gasteiger partial charge in [-0.3, -0.25) is 9.59 Å². The number of hydrogen-bond acceptors (Lipinski definition) is 5. The molecule has 27 heavy (non-hydrogen) atoms. The highest BCUT2D eigenvalue weighted by atomic mass is 16.2. The molecule has 2 aromatic rings. The van der Waals surface area contributed by atoms with E-state index in [0.29, 0.717) is 31.6 Å². The molecule has 0 spiro atoms. The Morgan fingerprint density at radius 2 is 1.93 bits per heavy atom. The van der Waals surface area contributed by atoms with Gasteiger partial charge in [0.05, 0.1) is 23.4 Å². The number of nitrogens with zero attached hydrogens (tertiary/aromatic N) is 5. The van der Waals surface area contributed by atoms with Crippen molar-refractivity contribution in [2.75, 3.05) is 32.1 Å². The minimum atomic E-state index is -0.555. The monoisotopic (exact) mass is 365 g/mol. The molecule has 0 aliphatic carbocycles. The van der Waals surface area contributed by atoms with Gasteiger partial charge in [-0.15, -0.1) is 0 Å². The van der Waals surface area contributed by atoms with Crippen LogP contribution in [0, 0.1) is 11.3 Å². The van der Waals surface area contributed by atoms with Crippen LogP contribution in [0.2, 0.25) is 0 Å². The van der Waals surface area contributed by atoms with E-state index in [9.17, 15) is 14.9 Å². The lowest BCUT2D eigenvalue weighted by atomic mass is 9.74. The van der Waals surface area contributed by atoms with Crippen molar-refractivity contribution in [3.63, 3.8) is 0 Å². The van der Waals surface area contributed by atoms with E-state index >= 15 is 0 Å². The van der Waals surface area contributed by atoms with E-state index in [1.165, 1.54) is 10.7 Å². The Balaban J connectivity index is 1.67. The molecule has 0 atom stereocenters. The SMILES string of the molecule is CN(C)c1cnn(CC(=O)N2CCC(C#N)(c3ccccc3)CC2)c(=O)c1. The van der Waals surface area contributed by atoms with Crippen LogP contribution in [0.5, 0.6) is 0 Å². The number of hydrogen-bond donors (Lipinski definition) is 0. The number of benzene rings is 1. The van der Waals surface area contributed by atoms with Crippen molar-refractivity contribution in [1.82, 2.24) is 14.7 Å². The van der Waals surface area contributed by atoms with Crippen LogP contribution in [-0.2, 0) is 16.8 Å². The second-order valence-electron chi connectivity index (χ2n) is 7.04. The van der Waals surface area contributed by atoms with Crippen LogP contribution >= 0.6 is 0 Å². The number of rotatable bonds is 4. The highest BCUT2D eigenvalue weighted by molar-refractivity contribution is 5.76. The van der Waals surface area contributed by atoms with Gasteiger partial charge in [0.1, 0.15) is 6.54 Å². The van der Waals surface area contributed by atoms with Crippen molar-refractivity contribution in [2.45, 2.75) is 24.8 Å². The zero-order chi connectivity index (χ0) is 19.4. The first kappa shape index (κ1) is 18.6. The van der Waals surface area contributed by atoms with Gasteiger partial charge in [0.25, 0.3) is 5.56 Å². The van der Waals surface area contributed by atoms with Gasteiger partial charge in [0.2, 0.25) is 5.91 Å². The number of likely N-dealkylation sites (tertiary alicyclic amines) is 1. The van der Waals surface area contributed by atoms with Crippen molar-refractivity contribution in [1.29, 1.82) is 5.26 Å². The summed E-state index contributed by atoms with van der Waals surface area (Å²) in [6, 6.07) is 13.7. The van der Waals surface area contributed by atoms with Crippen molar-refractivity contribution < 1.29 is 4.79 Å². The summed E-state index contributed by atoms with van der Waals surface area (Å²) >= 11 is 0. The molecular weight excluding hydrogens is 342 g/mol. The first-order valence-electron chi connectivity index (χ1n) is 8.94. The summed E-state index contributed by atoms with van der Waals surface area (Å²) < 4.78 is 1.18. The predicted octanol–water partition coefficient (Wildman–Crippen LogP) is 1.39. The van der Waals surface area contributed by atoms with E-state index in [1.807, 2.05) is 44.4 Å². The fourth-order valence-electron chi connectivity index (χ4n) is 3.38. The molecule has 0 bridgehead atoms. The molecule has 2 heterocycles. The summed E-state index contributed by atoms with van der Waals surface area (Å²) in [5.41, 5.74) is 0.836. The fourth-order valence-corrected chi connectivity index (χ4v) is 3.38. The van der Waals surface area contributed by atoms with Gasteiger partial charge in [-0.2, -0.15) is 10.4 Å². The molecule has 0 radical (unpaired) electrons. The van der Waals surface area contributed by atoms with Crippen LogP contribution in [0.25, 0.3) is 0 Å². The molecule has 3 rings (SSSR count). The highest BCUT2D eigenvalue weighted by Gasteiger charge is 2.37. The molecule has 140 valence electrons. The number of amides is 1. The van der Waals surface area contributed by atoms with Gasteiger partial charge in [0.15, 0.2) is 0 Å². The van der Waals surface area contributed by atoms with Crippen LogP contribution in [-0.4, -0.2) is 47.8 Å². The van der Waals surface area contributed by atoms with Crippen LogP contribution in [0.3, 0.4) is 0 Å². The standard InChI is InChI=1S/C20H23N5O2/c1-23(2)17-12-18(26)25(22-13-17)14-19(27)24-10-8-20(15-21,9-11-24)16-6-4-3-5-7-16/h3-7,12-13H,8-11,14H2,1-2H3. The lowest BCUT2D eigenvalue weighted by Gasteiger charge is -2.37. The molecule has 0 N–H and O–H groups in total. The maximum Gasteiger partial charge on any atom is 0.269 e. The lowest BCUT2D eigenvalue weighted by molar-refractivity contribution is -0.133. The molecule has 1 aliphatic rings. The lowest BCUT2D eigenvalue weighted by Crippen LogP contribution is -2.46. The van der Waals surface area contributed by atoms with Crippen molar-refractivity contribution in [3.8, 4) is 6.07 Å². The van der Waals surface area contributed by atoms with E-state index in [0.717, 1.165) is 5.56 Å². The third kappa shape index (κ3) is 3.85. The van der Waals surface area contributed by atoms with Gasteiger partial charge >= 0.3 is 0 Å². The van der Waals surface area contributed by atoms with Crippen molar-refractivity contribution >= 4 is 11.6 Å². The summed E-state index contributed by atoms with van der Waals surface area (Å²) in [5, 5.41) is 13.8. The molecule has 1 aromatic heterocycles. The second-order valence-corrected chi connectivity index (χ2v) is 7.04. The normalized spacial score (nSPS) is 15.8. The second kappa shape index (κ2) is 7.62. The Morgan fingerprint density at radius 3 is 2.48 bits per heavy atom. The summed E-state index contributed by atoms with van der Waals surface area (Å²) in [6.45, 7) is 0.898. The average molecular weight is 365 g/mol. The van der Waals surface area contributed by atoms with Gasteiger partial charge < -0.3 is 9.80 Å². The van der Waals surface area contributed by atoms with Crippen LogP contribution in [0.15, 0.2) is 47.4 Å². The maximum absolute atomic E-state index is 12.6. The van der Waals surface area contributed by atoms with Crippen LogP contribution in [0.1, 0.15) is 18.4 Å². The number of piperidine rings is 1. The average Bonchev–Trinajstić information content (AvgIpc) is 2.70. The van der Waals surface area contributed by atoms with Gasteiger partial charge in [-0.05, 0) is 18.4 Å². The largest absolute Gasteiger partial charge is 0.376 e. The summed E-state index contributed by atoms with van der Waals surface area (Å²) in [5.74, 6) is -0.151. The Labute approximate surface area is 158 Å². The number of anilines is 1. The van der Waals surface area contributed by atoms with E-state index in [2.05, 4.69) is 11.2 Å². The minimum Gasteiger partial charge on any atom is -0.376 e. The van der Waals surface area contributed by atoms with Gasteiger partial charge in [0, 0.05) is 33.3 Å². The Hall–Kier alpha value is -3.14. The molecule has 1 aromatic carbocycles. The third-order valence-corrected chi connectivity index (χ3v) is 5.17. The summed E-state index contributed by atoms with van der Waals surface area (Å²) in [6.07, 6.45) is 2.74. The predicted molar refractivity (Wildman–Crippen MR) is 102 cm³/mol. The van der Waals surface area contributed by atoms with Crippen LogP contribution in [0.4, 0.5) is 5.69 Å². The van der Waals surface area contributed by atoms with Gasteiger partial charge in [-0.25, -0.2) is 4.68 Å². The number of aromatic nitrogens is 2. The Bertz CT molecular complexity index is 906. The highest BCUT2D eigenvalue weighted by Crippen LogP contribution is 2.34. The molecule has 0 saturated carbocycles. The van der Waals surface area contributed by atoms with E-state index in [1.54, 1.807) is 16.0 Å². The topological polar surface area (TPSA) is 82.2 Å².